The Labute approximate surface area is 78.5 Å². The van der Waals surface area contributed by atoms with Crippen molar-refractivity contribution in [1.82, 2.24) is 15.0 Å². The van der Waals surface area contributed by atoms with Crippen LogP contribution in [0.15, 0.2) is 17.1 Å². The van der Waals surface area contributed by atoms with Crippen molar-refractivity contribution in [3.8, 4) is 11.3 Å². The van der Waals surface area contributed by atoms with Gasteiger partial charge in [-0.2, -0.15) is 4.98 Å². The van der Waals surface area contributed by atoms with Gasteiger partial charge in [-0.15, -0.1) is 11.3 Å². The lowest BCUT2D eigenvalue weighted by atomic mass is 10.2. The first-order valence-corrected chi connectivity index (χ1v) is 4.48. The van der Waals surface area contributed by atoms with E-state index in [2.05, 4.69) is 15.0 Å². The van der Waals surface area contributed by atoms with Crippen LogP contribution in [0.5, 0.6) is 0 Å². The van der Waals surface area contributed by atoms with Crippen LogP contribution in [0.3, 0.4) is 0 Å². The maximum atomic E-state index is 5.65. The molecule has 4 N–H and O–H groups in total. The van der Waals surface area contributed by atoms with Gasteiger partial charge in [0.15, 0.2) is 0 Å². The molecule has 0 bridgehead atoms. The normalized spacial score (nSPS) is 10.2. The first-order valence-electron chi connectivity index (χ1n) is 3.54. The maximum Gasteiger partial charge on any atom is 0.221 e. The Bertz CT molecular complexity index is 411. The number of hydrogen-bond donors (Lipinski definition) is 2. The highest BCUT2D eigenvalue weighted by Gasteiger charge is 2.06. The van der Waals surface area contributed by atoms with E-state index in [-0.39, 0.29) is 5.95 Å². The van der Waals surface area contributed by atoms with Crippen LogP contribution in [0.1, 0.15) is 0 Å². The molecule has 0 saturated carbocycles. The first kappa shape index (κ1) is 7.93. The number of thiazole rings is 1. The van der Waals surface area contributed by atoms with E-state index in [4.69, 9.17) is 11.5 Å². The topological polar surface area (TPSA) is 90.7 Å². The minimum Gasteiger partial charge on any atom is -0.383 e. The van der Waals surface area contributed by atoms with Gasteiger partial charge in [0.25, 0.3) is 0 Å². The Morgan fingerprint density at radius 2 is 2.08 bits per heavy atom. The second-order valence-corrected chi connectivity index (χ2v) is 3.12. The predicted octanol–water partition coefficient (Wildman–Crippen LogP) is 0.764. The SMILES string of the molecule is Nc1ncc(-c2cscn2)c(N)n1. The fourth-order valence-electron chi connectivity index (χ4n) is 0.952. The van der Waals surface area contributed by atoms with Crippen molar-refractivity contribution in [3.63, 3.8) is 0 Å². The summed E-state index contributed by atoms with van der Waals surface area (Å²) < 4.78 is 0. The van der Waals surface area contributed by atoms with Gasteiger partial charge in [0.05, 0.1) is 16.8 Å². The Morgan fingerprint density at radius 1 is 1.23 bits per heavy atom. The molecule has 2 aromatic heterocycles. The number of aromatic nitrogens is 3. The molecule has 0 unspecified atom stereocenters. The van der Waals surface area contributed by atoms with Gasteiger partial charge in [-0.1, -0.05) is 0 Å². The van der Waals surface area contributed by atoms with Crippen LogP contribution in [0.4, 0.5) is 11.8 Å². The standard InChI is InChI=1S/C7H7N5S/c8-6-4(1-10-7(9)12-6)5-2-13-3-11-5/h1-3H,(H4,8,9,10,12). The second-order valence-electron chi connectivity index (χ2n) is 2.40. The Morgan fingerprint density at radius 3 is 2.69 bits per heavy atom. The molecule has 0 spiro atoms. The summed E-state index contributed by atoms with van der Waals surface area (Å²) in [7, 11) is 0. The molecule has 2 aromatic rings. The van der Waals surface area contributed by atoms with Crippen molar-refractivity contribution in [2.45, 2.75) is 0 Å². The van der Waals surface area contributed by atoms with Gasteiger partial charge >= 0.3 is 0 Å². The fraction of sp³-hybridized carbons (Fsp3) is 0. The summed E-state index contributed by atoms with van der Waals surface area (Å²) in [6, 6.07) is 0. The van der Waals surface area contributed by atoms with Crippen molar-refractivity contribution in [3.05, 3.63) is 17.1 Å². The summed E-state index contributed by atoms with van der Waals surface area (Å²) in [5.74, 6) is 0.537. The first-order chi connectivity index (χ1) is 6.27. The lowest BCUT2D eigenvalue weighted by molar-refractivity contribution is 1.19. The molecule has 13 heavy (non-hydrogen) atoms. The quantitative estimate of drug-likeness (QED) is 0.697. The van der Waals surface area contributed by atoms with Crippen molar-refractivity contribution in [2.24, 2.45) is 0 Å². The van der Waals surface area contributed by atoms with Gasteiger partial charge in [-0.3, -0.25) is 0 Å². The summed E-state index contributed by atoms with van der Waals surface area (Å²) in [5.41, 5.74) is 14.2. The molecule has 2 rings (SSSR count). The van der Waals surface area contributed by atoms with Crippen LogP contribution in [-0.2, 0) is 0 Å². The molecule has 0 aliphatic carbocycles. The van der Waals surface area contributed by atoms with E-state index in [9.17, 15) is 0 Å². The van der Waals surface area contributed by atoms with Crippen molar-refractivity contribution >= 4 is 23.1 Å². The van der Waals surface area contributed by atoms with Crippen LogP contribution >= 0.6 is 11.3 Å². The molecule has 0 radical (unpaired) electrons. The zero-order chi connectivity index (χ0) is 9.26. The van der Waals surface area contributed by atoms with Crippen molar-refractivity contribution in [2.75, 3.05) is 11.5 Å². The third-order valence-corrected chi connectivity index (χ3v) is 2.13. The molecule has 0 aliphatic rings. The second kappa shape index (κ2) is 2.98. The van der Waals surface area contributed by atoms with Gasteiger partial charge in [-0.05, 0) is 0 Å². The van der Waals surface area contributed by atoms with Gasteiger partial charge in [0.1, 0.15) is 5.82 Å². The van der Waals surface area contributed by atoms with Crippen molar-refractivity contribution in [1.29, 1.82) is 0 Å². The monoisotopic (exact) mass is 193 g/mol. The smallest absolute Gasteiger partial charge is 0.221 e. The minimum atomic E-state index is 0.177. The van der Waals surface area contributed by atoms with Gasteiger partial charge in [-0.25, -0.2) is 9.97 Å². The van der Waals surface area contributed by atoms with Crippen LogP contribution in [-0.4, -0.2) is 15.0 Å². The predicted molar refractivity (Wildman–Crippen MR) is 52.0 cm³/mol. The Balaban J connectivity index is 2.53. The molecule has 0 fully saturated rings. The van der Waals surface area contributed by atoms with Gasteiger partial charge in [0.2, 0.25) is 5.95 Å². The zero-order valence-corrected chi connectivity index (χ0v) is 7.45. The summed E-state index contributed by atoms with van der Waals surface area (Å²) in [5, 5.41) is 1.88. The zero-order valence-electron chi connectivity index (χ0n) is 6.64. The molecule has 5 nitrogen and oxygen atoms in total. The molecular formula is C7H7N5S. The summed E-state index contributed by atoms with van der Waals surface area (Å²) >= 11 is 1.49. The van der Waals surface area contributed by atoms with E-state index in [1.807, 2.05) is 5.38 Å². The van der Waals surface area contributed by atoms with E-state index in [1.54, 1.807) is 11.7 Å². The summed E-state index contributed by atoms with van der Waals surface area (Å²) in [6.45, 7) is 0. The van der Waals surface area contributed by atoms with Crippen LogP contribution < -0.4 is 11.5 Å². The van der Waals surface area contributed by atoms with Crippen LogP contribution in [0.2, 0.25) is 0 Å². The highest BCUT2D eigenvalue weighted by molar-refractivity contribution is 7.07. The number of nitrogens with two attached hydrogens (primary N) is 2. The van der Waals surface area contributed by atoms with E-state index >= 15 is 0 Å². The van der Waals surface area contributed by atoms with Gasteiger partial charge < -0.3 is 11.5 Å². The van der Waals surface area contributed by atoms with Gasteiger partial charge in [0, 0.05) is 11.6 Å². The molecule has 0 atom stereocenters. The summed E-state index contributed by atoms with van der Waals surface area (Å²) in [4.78, 5) is 11.8. The van der Waals surface area contributed by atoms with Crippen molar-refractivity contribution < 1.29 is 0 Å². The molecule has 66 valence electrons. The molecule has 2 heterocycles. The van der Waals surface area contributed by atoms with E-state index in [0.717, 1.165) is 11.3 Å². The number of rotatable bonds is 1. The number of nitrogen functional groups attached to an aromatic ring is 2. The molecule has 6 heteroatoms. The average Bonchev–Trinajstić information content (AvgIpc) is 2.56. The molecule has 0 aromatic carbocycles. The largest absolute Gasteiger partial charge is 0.383 e. The molecule has 0 aliphatic heterocycles. The fourth-order valence-corrected chi connectivity index (χ4v) is 1.50. The summed E-state index contributed by atoms with van der Waals surface area (Å²) in [6.07, 6.45) is 1.58. The number of anilines is 2. The van der Waals surface area contributed by atoms with E-state index < -0.39 is 0 Å². The molecular weight excluding hydrogens is 186 g/mol. The third kappa shape index (κ3) is 1.43. The highest BCUT2D eigenvalue weighted by Crippen LogP contribution is 2.22. The number of hydrogen-bond acceptors (Lipinski definition) is 6. The molecule has 0 amide bonds. The minimum absolute atomic E-state index is 0.177. The Kier molecular flexibility index (Phi) is 1.82. The highest BCUT2D eigenvalue weighted by atomic mass is 32.1. The lowest BCUT2D eigenvalue weighted by Crippen LogP contribution is -2.00. The van der Waals surface area contributed by atoms with E-state index in [1.165, 1.54) is 11.3 Å². The van der Waals surface area contributed by atoms with E-state index in [0.29, 0.717) is 5.82 Å². The third-order valence-electron chi connectivity index (χ3n) is 1.55. The maximum absolute atomic E-state index is 5.65. The van der Waals surface area contributed by atoms with Crippen LogP contribution in [0.25, 0.3) is 11.3 Å². The number of nitrogens with zero attached hydrogens (tertiary/aromatic N) is 3. The average molecular weight is 193 g/mol. The lowest BCUT2D eigenvalue weighted by Gasteiger charge is -2.00. The molecule has 0 saturated heterocycles. The van der Waals surface area contributed by atoms with Crippen LogP contribution in [0, 0.1) is 0 Å². The Hall–Kier alpha value is -1.69.